The molecule has 0 fully saturated rings. The molecule has 0 aliphatic rings. The third-order valence-corrected chi connectivity index (χ3v) is 1.58. The van der Waals surface area contributed by atoms with Crippen LogP contribution in [-0.2, 0) is 0 Å². The second-order valence-electron chi connectivity index (χ2n) is 2.02. The number of hydrogen-bond acceptors (Lipinski definition) is 5. The first-order valence-electron chi connectivity index (χ1n) is 3.02. The Kier molecular flexibility index (Phi) is 2.44. The number of anilines is 1. The molecule has 1 heterocycles. The van der Waals surface area contributed by atoms with E-state index >= 15 is 0 Å². The molecule has 0 aliphatic carbocycles. The fourth-order valence-electron chi connectivity index (χ4n) is 0.742. The minimum absolute atomic E-state index is 0.0894. The molecule has 0 atom stereocenters. The lowest BCUT2D eigenvalue weighted by Gasteiger charge is -2.00. The van der Waals surface area contributed by atoms with Gasteiger partial charge in [-0.3, -0.25) is 0 Å². The van der Waals surface area contributed by atoms with Crippen LogP contribution in [0.3, 0.4) is 0 Å². The average molecular weight is 243 g/mol. The maximum absolute atomic E-state index is 10.6. The second-order valence-corrected chi connectivity index (χ2v) is 2.73. The van der Waals surface area contributed by atoms with E-state index in [9.17, 15) is 4.79 Å². The molecule has 1 aromatic heterocycles. The zero-order chi connectivity index (χ0) is 10.0. The van der Waals surface area contributed by atoms with Gasteiger partial charge in [-0.2, -0.15) is 5.26 Å². The summed E-state index contributed by atoms with van der Waals surface area (Å²) in [6.45, 7) is 0. The topological polar surface area (TPSA) is 113 Å². The Labute approximate surface area is 81.2 Å². The largest absolute Gasteiger partial charge is 0.477 e. The summed E-state index contributed by atoms with van der Waals surface area (Å²) in [4.78, 5) is 17.7. The molecule has 6 nitrogen and oxygen atoms in total. The van der Waals surface area contributed by atoms with Crippen LogP contribution in [0.15, 0.2) is 4.73 Å². The van der Waals surface area contributed by atoms with Crippen LogP contribution in [-0.4, -0.2) is 21.0 Å². The molecule has 0 aliphatic heterocycles. The molecule has 0 spiro atoms. The predicted molar refractivity (Wildman–Crippen MR) is 45.8 cm³/mol. The van der Waals surface area contributed by atoms with Gasteiger partial charge in [-0.25, -0.2) is 14.8 Å². The summed E-state index contributed by atoms with van der Waals surface area (Å²) in [6.07, 6.45) is 0. The molecule has 1 aromatic rings. The van der Waals surface area contributed by atoms with Crippen molar-refractivity contribution in [2.75, 3.05) is 5.73 Å². The van der Waals surface area contributed by atoms with Crippen molar-refractivity contribution >= 4 is 27.7 Å². The normalized spacial score (nSPS) is 9.23. The lowest BCUT2D eigenvalue weighted by Crippen LogP contribution is -2.09. The monoisotopic (exact) mass is 242 g/mol. The number of hydrogen-bond donors (Lipinski definition) is 2. The molecule has 13 heavy (non-hydrogen) atoms. The van der Waals surface area contributed by atoms with Crippen LogP contribution in [0.1, 0.15) is 16.1 Å². The Morgan fingerprint density at radius 2 is 2.23 bits per heavy atom. The van der Waals surface area contributed by atoms with Crippen molar-refractivity contribution in [3.8, 4) is 6.07 Å². The third-order valence-electron chi connectivity index (χ3n) is 1.23. The van der Waals surface area contributed by atoms with Gasteiger partial charge < -0.3 is 10.8 Å². The molecule has 0 bridgehead atoms. The maximum Gasteiger partial charge on any atom is 0.342 e. The summed E-state index contributed by atoms with van der Waals surface area (Å²) < 4.78 is 0.0894. The number of rotatable bonds is 1. The summed E-state index contributed by atoms with van der Waals surface area (Å²) in [6, 6.07) is 1.62. The molecule has 0 saturated heterocycles. The number of nitrogens with zero attached hydrogens (tertiary/aromatic N) is 3. The summed E-state index contributed by atoms with van der Waals surface area (Å²) in [5.41, 5.74) is 4.66. The zero-order valence-corrected chi connectivity index (χ0v) is 7.74. The lowest BCUT2D eigenvalue weighted by atomic mass is 10.2. The summed E-state index contributed by atoms with van der Waals surface area (Å²) in [5, 5.41) is 17.2. The van der Waals surface area contributed by atoms with Gasteiger partial charge in [0.25, 0.3) is 0 Å². The van der Waals surface area contributed by atoms with Crippen molar-refractivity contribution in [2.24, 2.45) is 0 Å². The van der Waals surface area contributed by atoms with E-state index in [4.69, 9.17) is 16.1 Å². The van der Waals surface area contributed by atoms with Crippen molar-refractivity contribution in [2.45, 2.75) is 0 Å². The molecule has 7 heteroatoms. The molecular weight excluding hydrogens is 240 g/mol. The molecular formula is C6H3BrN4O2. The van der Waals surface area contributed by atoms with E-state index < -0.39 is 5.97 Å². The van der Waals surface area contributed by atoms with E-state index in [2.05, 4.69) is 25.9 Å². The Hall–Kier alpha value is -1.68. The number of nitrogen functional groups attached to an aromatic ring is 1. The van der Waals surface area contributed by atoms with Crippen LogP contribution in [0.5, 0.6) is 0 Å². The maximum atomic E-state index is 10.6. The van der Waals surface area contributed by atoms with Crippen molar-refractivity contribution in [3.05, 3.63) is 16.0 Å². The van der Waals surface area contributed by atoms with E-state index in [0.29, 0.717) is 0 Å². The van der Waals surface area contributed by atoms with Gasteiger partial charge in [-0.05, 0) is 15.9 Å². The molecule has 0 saturated carbocycles. The van der Waals surface area contributed by atoms with Crippen molar-refractivity contribution < 1.29 is 9.90 Å². The zero-order valence-electron chi connectivity index (χ0n) is 6.15. The molecule has 0 amide bonds. The Balaban J connectivity index is 3.50. The highest BCUT2D eigenvalue weighted by molar-refractivity contribution is 9.10. The van der Waals surface area contributed by atoms with E-state index in [-0.39, 0.29) is 21.8 Å². The Morgan fingerprint density at radius 1 is 1.62 bits per heavy atom. The van der Waals surface area contributed by atoms with E-state index in [1.54, 1.807) is 6.07 Å². The van der Waals surface area contributed by atoms with Crippen LogP contribution in [0.4, 0.5) is 5.82 Å². The van der Waals surface area contributed by atoms with Gasteiger partial charge in [0, 0.05) is 0 Å². The summed E-state index contributed by atoms with van der Waals surface area (Å²) in [5.74, 6) is -1.55. The standard InChI is InChI=1S/C6H3BrN4O2/c7-6-10-2(1-8)3(5(12)13)4(9)11-6/h(H,12,13)(H2,9,10,11). The molecule has 1 rings (SSSR count). The third kappa shape index (κ3) is 1.73. The average Bonchev–Trinajstić information content (AvgIpc) is 2.01. The van der Waals surface area contributed by atoms with Gasteiger partial charge in [0.05, 0.1) is 0 Å². The number of carbonyl (C=O) groups is 1. The predicted octanol–water partition coefficient (Wildman–Crippen LogP) is 0.391. The minimum Gasteiger partial charge on any atom is -0.477 e. The summed E-state index contributed by atoms with van der Waals surface area (Å²) >= 11 is 2.89. The fourth-order valence-corrected chi connectivity index (χ4v) is 1.11. The van der Waals surface area contributed by atoms with Crippen LogP contribution in [0, 0.1) is 11.3 Å². The van der Waals surface area contributed by atoms with Crippen molar-refractivity contribution in [1.29, 1.82) is 5.26 Å². The fraction of sp³-hybridized carbons (Fsp3) is 0. The Bertz CT molecular complexity index is 412. The van der Waals surface area contributed by atoms with Gasteiger partial charge in [-0.15, -0.1) is 0 Å². The molecule has 0 radical (unpaired) electrons. The number of halogens is 1. The molecule has 0 aromatic carbocycles. The first-order valence-corrected chi connectivity index (χ1v) is 3.82. The van der Waals surface area contributed by atoms with Gasteiger partial charge in [0.1, 0.15) is 17.5 Å². The van der Waals surface area contributed by atoms with Gasteiger partial charge >= 0.3 is 5.97 Å². The van der Waals surface area contributed by atoms with Crippen LogP contribution < -0.4 is 5.73 Å². The number of nitrogens with two attached hydrogens (primary N) is 1. The van der Waals surface area contributed by atoms with Crippen LogP contribution in [0.2, 0.25) is 0 Å². The first-order chi connectivity index (χ1) is 6.06. The number of carboxylic acids is 1. The van der Waals surface area contributed by atoms with E-state index in [1.807, 2.05) is 0 Å². The highest BCUT2D eigenvalue weighted by Gasteiger charge is 2.17. The summed E-state index contributed by atoms with van der Waals surface area (Å²) in [7, 11) is 0. The van der Waals surface area contributed by atoms with Gasteiger partial charge in [0.2, 0.25) is 0 Å². The first kappa shape index (κ1) is 9.41. The molecule has 66 valence electrons. The van der Waals surface area contributed by atoms with Crippen molar-refractivity contribution in [3.63, 3.8) is 0 Å². The quantitative estimate of drug-likeness (QED) is 0.689. The van der Waals surface area contributed by atoms with Gasteiger partial charge in [0.15, 0.2) is 10.4 Å². The lowest BCUT2D eigenvalue weighted by molar-refractivity contribution is 0.0697. The number of nitriles is 1. The van der Waals surface area contributed by atoms with Crippen LogP contribution >= 0.6 is 15.9 Å². The number of aromatic nitrogens is 2. The van der Waals surface area contributed by atoms with E-state index in [0.717, 1.165) is 0 Å². The Morgan fingerprint density at radius 3 is 2.69 bits per heavy atom. The highest BCUT2D eigenvalue weighted by Crippen LogP contribution is 2.15. The molecule has 0 unspecified atom stereocenters. The number of aromatic carboxylic acids is 1. The highest BCUT2D eigenvalue weighted by atomic mass is 79.9. The van der Waals surface area contributed by atoms with E-state index in [1.165, 1.54) is 0 Å². The van der Waals surface area contributed by atoms with Gasteiger partial charge in [-0.1, -0.05) is 0 Å². The van der Waals surface area contributed by atoms with Crippen molar-refractivity contribution in [1.82, 2.24) is 9.97 Å². The van der Waals surface area contributed by atoms with Crippen LogP contribution in [0.25, 0.3) is 0 Å². The molecule has 3 N–H and O–H groups in total. The SMILES string of the molecule is N#Cc1nc(Br)nc(N)c1C(=O)O. The minimum atomic E-state index is -1.32. The number of carboxylic acid groups (broad SMARTS) is 1. The second kappa shape index (κ2) is 3.37. The smallest absolute Gasteiger partial charge is 0.342 e.